The van der Waals surface area contributed by atoms with Crippen LogP contribution in [0, 0.1) is 0 Å². The molecule has 0 spiro atoms. The Morgan fingerprint density at radius 1 is 1.04 bits per heavy atom. The van der Waals surface area contributed by atoms with Gasteiger partial charge in [-0.2, -0.15) is 0 Å². The zero-order valence-electron chi connectivity index (χ0n) is 14.2. The lowest BCUT2D eigenvalue weighted by atomic mass is 10.00. The van der Waals surface area contributed by atoms with Gasteiger partial charge >= 0.3 is 5.97 Å². The molecule has 0 unspecified atom stereocenters. The van der Waals surface area contributed by atoms with E-state index >= 15 is 0 Å². The number of ketones is 1. The fourth-order valence-electron chi connectivity index (χ4n) is 2.09. The van der Waals surface area contributed by atoms with Gasteiger partial charge in [-0.05, 0) is 56.7 Å². The predicted octanol–water partition coefficient (Wildman–Crippen LogP) is 4.76. The van der Waals surface area contributed by atoms with Crippen LogP contribution in [0.4, 0.5) is 0 Å². The van der Waals surface area contributed by atoms with E-state index in [0.29, 0.717) is 5.56 Å². The van der Waals surface area contributed by atoms with Crippen LogP contribution in [0.3, 0.4) is 0 Å². The maximum atomic E-state index is 12.8. The minimum Gasteiger partial charge on any atom is -0.507 e. The Labute approximate surface area is 155 Å². The number of aromatic hydroxyl groups is 1. The second kappa shape index (κ2) is 7.66. The van der Waals surface area contributed by atoms with E-state index in [2.05, 4.69) is 15.9 Å². The van der Waals surface area contributed by atoms with Crippen LogP contribution in [0.25, 0.3) is 6.08 Å². The summed E-state index contributed by atoms with van der Waals surface area (Å²) in [6.07, 6.45) is 1.47. The molecular formula is C20H19BrO4. The second-order valence-electron chi connectivity index (χ2n) is 6.46. The fraction of sp³-hybridized carbons (Fsp3) is 0.200. The number of halogens is 1. The summed E-state index contributed by atoms with van der Waals surface area (Å²) < 4.78 is 6.24. The van der Waals surface area contributed by atoms with Gasteiger partial charge in [0.05, 0.1) is 5.56 Å². The number of Topliss-reactive ketones (excluding diaryl/α,β-unsaturated/α-hetero) is 1. The van der Waals surface area contributed by atoms with E-state index in [1.54, 1.807) is 45.0 Å². The van der Waals surface area contributed by atoms with Crippen LogP contribution in [0.5, 0.6) is 5.75 Å². The van der Waals surface area contributed by atoms with E-state index in [1.165, 1.54) is 18.2 Å². The van der Waals surface area contributed by atoms with Crippen LogP contribution in [0.1, 0.15) is 36.7 Å². The molecule has 130 valence electrons. The first-order valence-corrected chi connectivity index (χ1v) is 8.50. The highest BCUT2D eigenvalue weighted by Gasteiger charge is 2.27. The Bertz CT molecular complexity index is 814. The number of carbonyl (C=O) groups excluding carboxylic acids is 2. The number of hydrogen-bond donors (Lipinski definition) is 1. The average Bonchev–Trinajstić information content (AvgIpc) is 2.52. The van der Waals surface area contributed by atoms with E-state index < -0.39 is 17.4 Å². The quantitative estimate of drug-likeness (QED) is 0.263. The Hall–Kier alpha value is -2.40. The van der Waals surface area contributed by atoms with Crippen molar-refractivity contribution in [3.05, 3.63) is 69.7 Å². The largest absolute Gasteiger partial charge is 0.507 e. The fourth-order valence-corrected chi connectivity index (χ4v) is 2.35. The third-order valence-corrected chi connectivity index (χ3v) is 3.72. The molecule has 0 aromatic heterocycles. The minimum absolute atomic E-state index is 0.0525. The molecule has 0 saturated carbocycles. The molecule has 0 aliphatic carbocycles. The Morgan fingerprint density at radius 2 is 1.64 bits per heavy atom. The first-order chi connectivity index (χ1) is 11.7. The molecule has 0 radical (unpaired) electrons. The lowest BCUT2D eigenvalue weighted by molar-refractivity contribution is -0.149. The molecule has 0 atom stereocenters. The van der Waals surface area contributed by atoms with Crippen LogP contribution in [0.15, 0.2) is 58.6 Å². The molecule has 4 nitrogen and oxygen atoms in total. The van der Waals surface area contributed by atoms with E-state index in [9.17, 15) is 14.7 Å². The number of rotatable bonds is 4. The normalized spacial score (nSPS) is 11.9. The van der Waals surface area contributed by atoms with Gasteiger partial charge in [-0.3, -0.25) is 4.79 Å². The SMILES string of the molecule is CC(C)(C)OC(=O)/C(=C\c1ccc(Br)cc1)C(=O)c1ccccc1O. The lowest BCUT2D eigenvalue weighted by Gasteiger charge is -2.20. The molecule has 2 aromatic rings. The van der Waals surface area contributed by atoms with Crippen LogP contribution < -0.4 is 0 Å². The van der Waals surface area contributed by atoms with Crippen molar-refractivity contribution in [2.24, 2.45) is 0 Å². The average molecular weight is 403 g/mol. The second-order valence-corrected chi connectivity index (χ2v) is 7.37. The van der Waals surface area contributed by atoms with Crippen LogP contribution in [-0.2, 0) is 9.53 Å². The van der Waals surface area contributed by atoms with E-state index in [4.69, 9.17) is 4.74 Å². The molecule has 0 saturated heterocycles. The van der Waals surface area contributed by atoms with Crippen LogP contribution >= 0.6 is 15.9 Å². The van der Waals surface area contributed by atoms with Gasteiger partial charge < -0.3 is 9.84 Å². The van der Waals surface area contributed by atoms with Gasteiger partial charge in [-0.15, -0.1) is 0 Å². The summed E-state index contributed by atoms with van der Waals surface area (Å²) in [7, 11) is 0. The number of carbonyl (C=O) groups is 2. The van der Waals surface area contributed by atoms with Gasteiger partial charge in [0, 0.05) is 4.47 Å². The Morgan fingerprint density at radius 3 is 2.20 bits per heavy atom. The molecule has 25 heavy (non-hydrogen) atoms. The molecule has 2 rings (SSSR count). The number of esters is 1. The number of benzene rings is 2. The first-order valence-electron chi connectivity index (χ1n) is 7.71. The summed E-state index contributed by atoms with van der Waals surface area (Å²) >= 11 is 3.34. The van der Waals surface area contributed by atoms with E-state index in [1.807, 2.05) is 12.1 Å². The molecule has 0 fully saturated rings. The topological polar surface area (TPSA) is 63.6 Å². The zero-order valence-corrected chi connectivity index (χ0v) is 15.8. The molecule has 0 amide bonds. The predicted molar refractivity (Wildman–Crippen MR) is 100 cm³/mol. The van der Waals surface area contributed by atoms with E-state index in [-0.39, 0.29) is 16.9 Å². The molecule has 2 aromatic carbocycles. The molecule has 0 aliphatic heterocycles. The van der Waals surface area contributed by atoms with Gasteiger partial charge in [0.1, 0.15) is 16.9 Å². The van der Waals surface area contributed by atoms with Crippen molar-refractivity contribution in [3.8, 4) is 5.75 Å². The maximum Gasteiger partial charge on any atom is 0.342 e. The first kappa shape index (κ1) is 18.9. The third-order valence-electron chi connectivity index (χ3n) is 3.19. The highest BCUT2D eigenvalue weighted by molar-refractivity contribution is 9.10. The minimum atomic E-state index is -0.741. The number of phenolic OH excluding ortho intramolecular Hbond substituents is 1. The third kappa shape index (κ3) is 5.29. The van der Waals surface area contributed by atoms with Gasteiger partial charge in [-0.1, -0.05) is 40.2 Å². The standard InChI is InChI=1S/C20H19BrO4/c1-20(2,3)25-19(24)16(12-13-8-10-14(21)11-9-13)18(23)15-6-4-5-7-17(15)22/h4-12,22H,1-3H3/b16-12-. The summed E-state index contributed by atoms with van der Waals surface area (Å²) in [6, 6.07) is 13.3. The molecule has 5 heteroatoms. The molecule has 0 heterocycles. The van der Waals surface area contributed by atoms with Crippen molar-refractivity contribution in [3.63, 3.8) is 0 Å². The zero-order chi connectivity index (χ0) is 18.6. The van der Waals surface area contributed by atoms with Gasteiger partial charge in [0.2, 0.25) is 5.78 Å². The smallest absolute Gasteiger partial charge is 0.342 e. The van der Waals surface area contributed by atoms with Gasteiger partial charge in [0.25, 0.3) is 0 Å². The number of phenols is 1. The summed E-state index contributed by atoms with van der Waals surface area (Å²) in [5, 5.41) is 9.94. The summed E-state index contributed by atoms with van der Waals surface area (Å²) in [6.45, 7) is 5.19. The van der Waals surface area contributed by atoms with Gasteiger partial charge in [-0.25, -0.2) is 4.79 Å². The molecule has 1 N–H and O–H groups in total. The highest BCUT2D eigenvalue weighted by Crippen LogP contribution is 2.23. The maximum absolute atomic E-state index is 12.8. The summed E-state index contributed by atoms with van der Waals surface area (Å²) in [5.41, 5.74) is -0.155. The van der Waals surface area contributed by atoms with Crippen LogP contribution in [0.2, 0.25) is 0 Å². The monoisotopic (exact) mass is 402 g/mol. The summed E-state index contributed by atoms with van der Waals surface area (Å²) in [5.74, 6) is -1.50. The van der Waals surface area contributed by atoms with Crippen molar-refractivity contribution < 1.29 is 19.4 Å². The molecular weight excluding hydrogens is 384 g/mol. The lowest BCUT2D eigenvalue weighted by Crippen LogP contribution is -2.27. The van der Waals surface area contributed by atoms with Crippen molar-refractivity contribution in [1.29, 1.82) is 0 Å². The highest BCUT2D eigenvalue weighted by atomic mass is 79.9. The Balaban J connectivity index is 2.48. The summed E-state index contributed by atoms with van der Waals surface area (Å²) in [4.78, 5) is 25.4. The van der Waals surface area contributed by atoms with Crippen molar-refractivity contribution in [1.82, 2.24) is 0 Å². The number of hydrogen-bond acceptors (Lipinski definition) is 4. The molecule has 0 aliphatic rings. The number of para-hydroxylation sites is 1. The Kier molecular flexibility index (Phi) is 5.80. The van der Waals surface area contributed by atoms with Crippen molar-refractivity contribution in [2.45, 2.75) is 26.4 Å². The van der Waals surface area contributed by atoms with Gasteiger partial charge in [0.15, 0.2) is 0 Å². The molecule has 0 bridgehead atoms. The van der Waals surface area contributed by atoms with Crippen molar-refractivity contribution >= 4 is 33.8 Å². The number of ether oxygens (including phenoxy) is 1. The van der Waals surface area contributed by atoms with E-state index in [0.717, 1.165) is 4.47 Å². The van der Waals surface area contributed by atoms with Crippen molar-refractivity contribution in [2.75, 3.05) is 0 Å². The van der Waals surface area contributed by atoms with Crippen LogP contribution in [-0.4, -0.2) is 22.5 Å².